The van der Waals surface area contributed by atoms with E-state index in [-0.39, 0.29) is 12.1 Å². The van der Waals surface area contributed by atoms with Gasteiger partial charge in [0, 0.05) is 24.7 Å². The van der Waals surface area contributed by atoms with Crippen molar-refractivity contribution in [2.75, 3.05) is 24.3 Å². The summed E-state index contributed by atoms with van der Waals surface area (Å²) in [4.78, 5) is 16.2. The molecule has 0 bridgehead atoms. The first-order valence-corrected chi connectivity index (χ1v) is 9.34. The molecule has 1 amide bonds. The highest BCUT2D eigenvalue weighted by Crippen LogP contribution is 2.42. The van der Waals surface area contributed by atoms with Gasteiger partial charge in [-0.1, -0.05) is 19.1 Å². The van der Waals surface area contributed by atoms with Gasteiger partial charge in [0.25, 0.3) is 5.91 Å². The van der Waals surface area contributed by atoms with Gasteiger partial charge >= 0.3 is 0 Å². The fraction of sp³-hybridized carbons (Fsp3) is 0.421. The first-order valence-electron chi connectivity index (χ1n) is 8.52. The summed E-state index contributed by atoms with van der Waals surface area (Å²) in [5, 5.41) is 7.71. The topological polar surface area (TPSA) is 44.4 Å². The van der Waals surface area contributed by atoms with Gasteiger partial charge in [-0.15, -0.1) is 11.3 Å². The van der Waals surface area contributed by atoms with Gasteiger partial charge in [0.1, 0.15) is 11.2 Å². The lowest BCUT2D eigenvalue weighted by Crippen LogP contribution is -2.38. The van der Waals surface area contributed by atoms with Gasteiger partial charge < -0.3 is 15.5 Å². The van der Waals surface area contributed by atoms with Crippen LogP contribution in [-0.4, -0.2) is 20.0 Å². The Balaban J connectivity index is 1.63. The summed E-state index contributed by atoms with van der Waals surface area (Å²) in [5.41, 5.74) is 4.41. The molecule has 4 nitrogen and oxygen atoms in total. The lowest BCUT2D eigenvalue weighted by Gasteiger charge is -2.27. The maximum atomic E-state index is 12.7. The standard InChI is InChI=1S/C19H23N3OS/c1-11-4-9-14-15(10-11)24-19-16(14)18(23)20-17(21-19)12-5-7-13(8-6-12)22(2)3/h5-8,11,17,21H,4,9-10H2,1-3H3,(H,20,23)/t11-,17+/m0/s1. The Morgan fingerprint density at radius 1 is 1.17 bits per heavy atom. The van der Waals surface area contributed by atoms with E-state index in [1.54, 1.807) is 11.3 Å². The summed E-state index contributed by atoms with van der Waals surface area (Å²) in [7, 11) is 4.05. The molecular formula is C19H23N3OS. The fourth-order valence-corrected chi connectivity index (χ4v) is 5.03. The molecule has 4 rings (SSSR count). The van der Waals surface area contributed by atoms with Gasteiger partial charge in [0.2, 0.25) is 0 Å². The molecule has 2 heterocycles. The van der Waals surface area contributed by atoms with E-state index in [1.807, 2.05) is 14.1 Å². The third-order valence-electron chi connectivity index (χ3n) is 5.03. The monoisotopic (exact) mass is 341 g/mol. The number of nitrogens with one attached hydrogen (secondary N) is 2. The quantitative estimate of drug-likeness (QED) is 0.873. The number of anilines is 2. The van der Waals surface area contributed by atoms with Crippen LogP contribution in [-0.2, 0) is 12.8 Å². The highest BCUT2D eigenvalue weighted by atomic mass is 32.1. The molecule has 0 fully saturated rings. The van der Waals surface area contributed by atoms with Crippen LogP contribution in [0.5, 0.6) is 0 Å². The molecule has 2 aromatic rings. The third-order valence-corrected chi connectivity index (χ3v) is 6.22. The molecule has 0 saturated heterocycles. The number of benzene rings is 1. The molecule has 0 unspecified atom stereocenters. The molecule has 0 saturated carbocycles. The molecule has 1 aliphatic heterocycles. The SMILES string of the molecule is C[C@H]1CCc2c(sc3c2C(=O)N[C@@H](c2ccc(N(C)C)cc2)N3)C1. The molecule has 1 aliphatic carbocycles. The summed E-state index contributed by atoms with van der Waals surface area (Å²) in [6, 6.07) is 8.32. The molecule has 2 N–H and O–H groups in total. The van der Waals surface area contributed by atoms with E-state index < -0.39 is 0 Å². The maximum absolute atomic E-state index is 12.7. The molecule has 1 aromatic heterocycles. The van der Waals surface area contributed by atoms with Crippen LogP contribution in [0.1, 0.15) is 45.9 Å². The van der Waals surface area contributed by atoms with E-state index in [0.717, 1.165) is 40.6 Å². The number of hydrogen-bond donors (Lipinski definition) is 2. The highest BCUT2D eigenvalue weighted by Gasteiger charge is 2.32. The minimum atomic E-state index is -0.154. The van der Waals surface area contributed by atoms with Crippen LogP contribution >= 0.6 is 11.3 Å². The lowest BCUT2D eigenvalue weighted by molar-refractivity contribution is 0.0935. The van der Waals surface area contributed by atoms with Crippen molar-refractivity contribution in [2.24, 2.45) is 5.92 Å². The first-order chi connectivity index (χ1) is 11.5. The Bertz CT molecular complexity index is 779. The Hall–Kier alpha value is -2.01. The zero-order valence-electron chi connectivity index (χ0n) is 14.3. The van der Waals surface area contributed by atoms with E-state index in [4.69, 9.17) is 0 Å². The molecule has 0 spiro atoms. The minimum Gasteiger partial charge on any atom is -0.378 e. The summed E-state index contributed by atoms with van der Waals surface area (Å²) < 4.78 is 0. The zero-order valence-corrected chi connectivity index (χ0v) is 15.2. The third kappa shape index (κ3) is 2.57. The molecule has 5 heteroatoms. The predicted molar refractivity (Wildman–Crippen MR) is 100 cm³/mol. The number of hydrogen-bond acceptors (Lipinski definition) is 4. The molecule has 24 heavy (non-hydrogen) atoms. The van der Waals surface area contributed by atoms with Crippen LogP contribution in [0.2, 0.25) is 0 Å². The van der Waals surface area contributed by atoms with Gasteiger partial charge in [0.15, 0.2) is 0 Å². The van der Waals surface area contributed by atoms with E-state index in [2.05, 4.69) is 46.7 Å². The number of thiophene rings is 1. The van der Waals surface area contributed by atoms with Crippen LogP contribution < -0.4 is 15.5 Å². The zero-order chi connectivity index (χ0) is 16.8. The van der Waals surface area contributed by atoms with Gasteiger partial charge in [-0.3, -0.25) is 4.79 Å². The van der Waals surface area contributed by atoms with Crippen molar-refractivity contribution in [1.82, 2.24) is 5.32 Å². The Labute approximate surface area is 146 Å². The average Bonchev–Trinajstić information content (AvgIpc) is 2.92. The van der Waals surface area contributed by atoms with E-state index in [1.165, 1.54) is 16.9 Å². The molecule has 126 valence electrons. The molecular weight excluding hydrogens is 318 g/mol. The second-order valence-electron chi connectivity index (χ2n) is 7.09. The summed E-state index contributed by atoms with van der Waals surface area (Å²) >= 11 is 1.77. The Morgan fingerprint density at radius 2 is 1.92 bits per heavy atom. The Kier molecular flexibility index (Phi) is 3.76. The van der Waals surface area contributed by atoms with E-state index >= 15 is 0 Å². The van der Waals surface area contributed by atoms with Gasteiger partial charge in [-0.05, 0) is 48.4 Å². The maximum Gasteiger partial charge on any atom is 0.256 e. The Morgan fingerprint density at radius 3 is 2.62 bits per heavy atom. The fourth-order valence-electron chi connectivity index (χ4n) is 3.59. The van der Waals surface area contributed by atoms with E-state index in [9.17, 15) is 4.79 Å². The van der Waals surface area contributed by atoms with Crippen LogP contribution in [0.25, 0.3) is 0 Å². The number of amides is 1. The summed E-state index contributed by atoms with van der Waals surface area (Å²) in [6.45, 7) is 2.30. The second kappa shape index (κ2) is 5.81. The van der Waals surface area contributed by atoms with Crippen molar-refractivity contribution >= 4 is 27.9 Å². The van der Waals surface area contributed by atoms with Crippen LogP contribution in [0.3, 0.4) is 0 Å². The molecule has 2 atom stereocenters. The van der Waals surface area contributed by atoms with Crippen molar-refractivity contribution < 1.29 is 4.79 Å². The number of carbonyl (C=O) groups is 1. The van der Waals surface area contributed by atoms with Gasteiger partial charge in [0.05, 0.1) is 5.56 Å². The van der Waals surface area contributed by atoms with Crippen molar-refractivity contribution in [2.45, 2.75) is 32.4 Å². The highest BCUT2D eigenvalue weighted by molar-refractivity contribution is 7.16. The smallest absolute Gasteiger partial charge is 0.256 e. The average molecular weight is 341 g/mol. The van der Waals surface area contributed by atoms with Crippen LogP contribution in [0.15, 0.2) is 24.3 Å². The predicted octanol–water partition coefficient (Wildman–Crippen LogP) is 3.79. The van der Waals surface area contributed by atoms with Crippen molar-refractivity contribution in [3.05, 3.63) is 45.8 Å². The minimum absolute atomic E-state index is 0.0671. The van der Waals surface area contributed by atoms with Gasteiger partial charge in [-0.2, -0.15) is 0 Å². The number of carbonyl (C=O) groups excluding carboxylic acids is 1. The van der Waals surface area contributed by atoms with Gasteiger partial charge in [-0.25, -0.2) is 0 Å². The number of nitrogens with zero attached hydrogens (tertiary/aromatic N) is 1. The number of rotatable bonds is 2. The summed E-state index contributed by atoms with van der Waals surface area (Å²) in [5.74, 6) is 0.785. The van der Waals surface area contributed by atoms with E-state index in [0.29, 0.717) is 0 Å². The second-order valence-corrected chi connectivity index (χ2v) is 8.20. The normalized spacial score (nSPS) is 22.2. The molecule has 0 radical (unpaired) electrons. The largest absolute Gasteiger partial charge is 0.378 e. The molecule has 1 aromatic carbocycles. The van der Waals surface area contributed by atoms with Crippen molar-refractivity contribution in [3.8, 4) is 0 Å². The van der Waals surface area contributed by atoms with Crippen molar-refractivity contribution in [1.29, 1.82) is 0 Å². The van der Waals surface area contributed by atoms with Crippen molar-refractivity contribution in [3.63, 3.8) is 0 Å². The first kappa shape index (κ1) is 15.5. The number of fused-ring (bicyclic) bond motifs is 3. The van der Waals surface area contributed by atoms with Crippen LogP contribution in [0.4, 0.5) is 10.7 Å². The molecule has 2 aliphatic rings. The van der Waals surface area contributed by atoms with Crippen LogP contribution in [0, 0.1) is 5.92 Å². The summed E-state index contributed by atoms with van der Waals surface area (Å²) in [6.07, 6.45) is 3.15. The lowest BCUT2D eigenvalue weighted by atomic mass is 9.88.